The minimum Gasteiger partial charge on any atom is -0.490 e. The maximum Gasteiger partial charge on any atom is 0.161 e. The molecule has 0 saturated heterocycles. The van der Waals surface area contributed by atoms with Crippen LogP contribution in [0, 0.1) is 0 Å². The van der Waals surface area contributed by atoms with E-state index in [9.17, 15) is 0 Å². The molecule has 0 bridgehead atoms. The van der Waals surface area contributed by atoms with Crippen LogP contribution in [0.15, 0.2) is 36.4 Å². The Labute approximate surface area is 117 Å². The summed E-state index contributed by atoms with van der Waals surface area (Å²) in [6, 6.07) is 12.2. The Morgan fingerprint density at radius 1 is 0.700 bits per heavy atom. The van der Waals surface area contributed by atoms with Gasteiger partial charge in [-0.2, -0.15) is 0 Å². The Balaban J connectivity index is 1.73. The van der Waals surface area contributed by atoms with Gasteiger partial charge in [0.2, 0.25) is 0 Å². The van der Waals surface area contributed by atoms with E-state index < -0.39 is 0 Å². The average Bonchev–Trinajstić information content (AvgIpc) is 2.54. The van der Waals surface area contributed by atoms with Crippen molar-refractivity contribution in [1.29, 1.82) is 0 Å². The van der Waals surface area contributed by atoms with Gasteiger partial charge in [0.05, 0.1) is 5.69 Å². The normalized spacial score (nSPS) is 15.8. The van der Waals surface area contributed by atoms with Crippen LogP contribution in [0.1, 0.15) is 0 Å². The third-order valence-corrected chi connectivity index (χ3v) is 3.53. The molecule has 0 aromatic heterocycles. The fourth-order valence-electron chi connectivity index (χ4n) is 2.54. The van der Waals surface area contributed by atoms with E-state index >= 15 is 0 Å². The van der Waals surface area contributed by atoms with Gasteiger partial charge in [-0.3, -0.25) is 0 Å². The highest BCUT2D eigenvalue weighted by Crippen LogP contribution is 2.37. The van der Waals surface area contributed by atoms with Gasteiger partial charge in [-0.25, -0.2) is 0 Å². The Kier molecular flexibility index (Phi) is 2.66. The molecule has 0 aliphatic carbocycles. The van der Waals surface area contributed by atoms with Crippen LogP contribution in [0.3, 0.4) is 0 Å². The highest BCUT2D eigenvalue weighted by molar-refractivity contribution is 5.74. The summed E-state index contributed by atoms with van der Waals surface area (Å²) in [7, 11) is 0. The van der Waals surface area contributed by atoms with Gasteiger partial charge in [-0.1, -0.05) is 12.1 Å². The fraction of sp³-hybridized carbons (Fsp3) is 0.250. The fourth-order valence-corrected chi connectivity index (χ4v) is 2.54. The number of hydrogen-bond acceptors (Lipinski definition) is 4. The maximum absolute atomic E-state index is 5.63. The zero-order chi connectivity index (χ0) is 13.4. The van der Waals surface area contributed by atoms with E-state index in [0.717, 1.165) is 47.2 Å². The molecule has 102 valence electrons. The molecule has 0 spiro atoms. The summed E-state index contributed by atoms with van der Waals surface area (Å²) in [6.07, 6.45) is 0. The minimum absolute atomic E-state index is 0.607. The number of ether oxygens (including phenoxy) is 3. The molecule has 2 aliphatic rings. The smallest absolute Gasteiger partial charge is 0.161 e. The molecule has 4 heteroatoms. The highest BCUT2D eigenvalue weighted by atomic mass is 16.6. The number of nitrogens with one attached hydrogen (secondary N) is 1. The number of rotatable bonds is 1. The van der Waals surface area contributed by atoms with Crippen molar-refractivity contribution in [1.82, 2.24) is 0 Å². The largest absolute Gasteiger partial charge is 0.490 e. The van der Waals surface area contributed by atoms with Crippen LogP contribution in [-0.4, -0.2) is 26.4 Å². The summed E-state index contributed by atoms with van der Waals surface area (Å²) < 4.78 is 16.8. The summed E-state index contributed by atoms with van der Waals surface area (Å²) in [5.41, 5.74) is 3.30. The Morgan fingerprint density at radius 2 is 1.40 bits per heavy atom. The van der Waals surface area contributed by atoms with E-state index in [0.29, 0.717) is 13.2 Å². The van der Waals surface area contributed by atoms with Crippen LogP contribution < -0.4 is 19.5 Å². The first-order chi connectivity index (χ1) is 9.90. The van der Waals surface area contributed by atoms with Gasteiger partial charge in [-0.05, 0) is 35.4 Å². The summed E-state index contributed by atoms with van der Waals surface area (Å²) in [5.74, 6) is 2.55. The molecule has 0 atom stereocenters. The molecule has 0 unspecified atom stereocenters. The molecule has 4 nitrogen and oxygen atoms in total. The second-order valence-corrected chi connectivity index (χ2v) is 4.84. The highest BCUT2D eigenvalue weighted by Gasteiger charge is 2.14. The molecule has 2 aliphatic heterocycles. The first kappa shape index (κ1) is 11.5. The summed E-state index contributed by atoms with van der Waals surface area (Å²) in [4.78, 5) is 0. The minimum atomic E-state index is 0.607. The first-order valence-corrected chi connectivity index (χ1v) is 6.81. The standard InChI is InChI=1S/C16H15NO3/c1-3-14-13(17-5-6-18-14)9-11(1)12-2-4-15-16(10-12)20-8-7-19-15/h1-4,9-10,17H,5-8H2. The van der Waals surface area contributed by atoms with Gasteiger partial charge in [-0.15, -0.1) is 0 Å². The number of anilines is 1. The summed E-state index contributed by atoms with van der Waals surface area (Å²) >= 11 is 0. The van der Waals surface area contributed by atoms with Gasteiger partial charge in [0, 0.05) is 6.54 Å². The third kappa shape index (κ3) is 1.93. The van der Waals surface area contributed by atoms with Gasteiger partial charge in [0.1, 0.15) is 25.6 Å². The number of fused-ring (bicyclic) bond motifs is 2. The van der Waals surface area contributed by atoms with Crippen molar-refractivity contribution in [2.45, 2.75) is 0 Å². The van der Waals surface area contributed by atoms with E-state index in [1.807, 2.05) is 18.2 Å². The summed E-state index contributed by atoms with van der Waals surface area (Å²) in [6.45, 7) is 2.79. The molecule has 0 saturated carbocycles. The summed E-state index contributed by atoms with van der Waals surface area (Å²) in [5, 5.41) is 3.35. The predicted octanol–water partition coefficient (Wildman–Crippen LogP) is 2.93. The Hall–Kier alpha value is -2.36. The van der Waals surface area contributed by atoms with Crippen molar-refractivity contribution in [2.75, 3.05) is 31.7 Å². The second kappa shape index (κ2) is 4.63. The van der Waals surface area contributed by atoms with Crippen LogP contribution >= 0.6 is 0 Å². The zero-order valence-corrected chi connectivity index (χ0v) is 11.0. The average molecular weight is 269 g/mol. The molecule has 2 aromatic rings. The second-order valence-electron chi connectivity index (χ2n) is 4.84. The van der Waals surface area contributed by atoms with E-state index in [2.05, 4.69) is 23.5 Å². The van der Waals surface area contributed by atoms with E-state index in [-0.39, 0.29) is 0 Å². The van der Waals surface area contributed by atoms with Crippen molar-refractivity contribution in [3.8, 4) is 28.4 Å². The van der Waals surface area contributed by atoms with Crippen LogP contribution in [0.25, 0.3) is 11.1 Å². The Bertz CT molecular complexity index is 597. The molecular weight excluding hydrogens is 254 g/mol. The van der Waals surface area contributed by atoms with E-state index in [1.165, 1.54) is 0 Å². The molecule has 0 radical (unpaired) electrons. The van der Waals surface area contributed by atoms with E-state index in [1.54, 1.807) is 0 Å². The van der Waals surface area contributed by atoms with Gasteiger partial charge in [0.15, 0.2) is 11.5 Å². The SMILES string of the molecule is c1cc2c(cc1-c1ccc3c(c1)OCCO3)NCCO2. The number of hydrogen-bond donors (Lipinski definition) is 1. The molecule has 0 amide bonds. The van der Waals surface area contributed by atoms with Crippen LogP contribution in [-0.2, 0) is 0 Å². The van der Waals surface area contributed by atoms with Crippen molar-refractivity contribution in [3.63, 3.8) is 0 Å². The lowest BCUT2D eigenvalue weighted by Gasteiger charge is -2.21. The van der Waals surface area contributed by atoms with Crippen molar-refractivity contribution >= 4 is 5.69 Å². The lowest BCUT2D eigenvalue weighted by molar-refractivity contribution is 0.171. The van der Waals surface area contributed by atoms with Crippen LogP contribution in [0.2, 0.25) is 0 Å². The molecule has 2 heterocycles. The lowest BCUT2D eigenvalue weighted by atomic mass is 10.0. The first-order valence-electron chi connectivity index (χ1n) is 6.81. The molecule has 4 rings (SSSR count). The molecule has 20 heavy (non-hydrogen) atoms. The predicted molar refractivity (Wildman–Crippen MR) is 76.9 cm³/mol. The topological polar surface area (TPSA) is 39.7 Å². The lowest BCUT2D eigenvalue weighted by Crippen LogP contribution is -2.17. The molecular formula is C16H15NO3. The molecule has 1 N–H and O–H groups in total. The Morgan fingerprint density at radius 3 is 2.30 bits per heavy atom. The van der Waals surface area contributed by atoms with Crippen molar-refractivity contribution in [2.24, 2.45) is 0 Å². The van der Waals surface area contributed by atoms with Crippen molar-refractivity contribution < 1.29 is 14.2 Å². The van der Waals surface area contributed by atoms with E-state index in [4.69, 9.17) is 14.2 Å². The third-order valence-electron chi connectivity index (χ3n) is 3.53. The van der Waals surface area contributed by atoms with Gasteiger partial charge >= 0.3 is 0 Å². The molecule has 2 aromatic carbocycles. The van der Waals surface area contributed by atoms with Crippen LogP contribution in [0.5, 0.6) is 17.2 Å². The van der Waals surface area contributed by atoms with Crippen molar-refractivity contribution in [3.05, 3.63) is 36.4 Å². The van der Waals surface area contributed by atoms with Gasteiger partial charge < -0.3 is 19.5 Å². The zero-order valence-electron chi connectivity index (χ0n) is 11.0. The quantitative estimate of drug-likeness (QED) is 0.864. The van der Waals surface area contributed by atoms with Crippen LogP contribution in [0.4, 0.5) is 5.69 Å². The number of benzene rings is 2. The van der Waals surface area contributed by atoms with Gasteiger partial charge in [0.25, 0.3) is 0 Å². The maximum atomic E-state index is 5.63. The molecule has 0 fully saturated rings. The monoisotopic (exact) mass is 269 g/mol.